The maximum Gasteiger partial charge on any atom is 0.333 e. The van der Waals surface area contributed by atoms with Crippen LogP contribution in [0.2, 0.25) is 0 Å². The Morgan fingerprint density at radius 1 is 0.925 bits per heavy atom. The number of Topliss-reactive ketones (excluding diaryl/α,β-unsaturated/α-hetero) is 1. The molecule has 226 valence electrons. The van der Waals surface area contributed by atoms with E-state index in [1.807, 2.05) is 19.9 Å². The summed E-state index contributed by atoms with van der Waals surface area (Å²) in [6.45, 7) is 13.3. The van der Waals surface area contributed by atoms with E-state index in [0.29, 0.717) is 24.3 Å². The molecule has 0 amide bonds. The molecule has 0 saturated carbocycles. The van der Waals surface area contributed by atoms with Gasteiger partial charge in [0.15, 0.2) is 5.78 Å². The molecule has 0 spiro atoms. The first kappa shape index (κ1) is 34.1. The molecule has 2 aliphatic heterocycles. The van der Waals surface area contributed by atoms with Gasteiger partial charge in [0.05, 0.1) is 24.4 Å². The van der Waals surface area contributed by atoms with Gasteiger partial charge in [0.1, 0.15) is 18.8 Å². The van der Waals surface area contributed by atoms with Crippen molar-refractivity contribution in [3.8, 4) is 0 Å². The minimum absolute atomic E-state index is 0.00393. The lowest BCUT2D eigenvalue weighted by Crippen LogP contribution is -2.41. The number of aliphatic hydroxyl groups excluding tert-OH is 4. The number of rotatable bonds is 0. The van der Waals surface area contributed by atoms with Crippen molar-refractivity contribution in [1.29, 1.82) is 0 Å². The average molecular weight is 563 g/mol. The number of aliphatic hydroxyl groups is 4. The van der Waals surface area contributed by atoms with Crippen LogP contribution in [0.1, 0.15) is 79.6 Å². The molecule has 9 atom stereocenters. The smallest absolute Gasteiger partial charge is 0.333 e. The van der Waals surface area contributed by atoms with Gasteiger partial charge in [0, 0.05) is 12.0 Å². The van der Waals surface area contributed by atoms with Gasteiger partial charge in [-0.05, 0) is 70.1 Å². The largest absolute Gasteiger partial charge is 0.460 e. The number of cyclic esters (lactones) is 1. The van der Waals surface area contributed by atoms with E-state index in [2.05, 4.69) is 25.7 Å². The predicted molar refractivity (Wildman–Crippen MR) is 154 cm³/mol. The summed E-state index contributed by atoms with van der Waals surface area (Å²) in [5.41, 5.74) is 2.50. The van der Waals surface area contributed by atoms with Crippen LogP contribution in [-0.4, -0.2) is 75.4 Å². The quantitative estimate of drug-likeness (QED) is 0.198. The van der Waals surface area contributed by atoms with Crippen LogP contribution in [0.5, 0.6) is 0 Å². The van der Waals surface area contributed by atoms with Crippen LogP contribution in [0.4, 0.5) is 0 Å². The minimum Gasteiger partial charge on any atom is -0.460 e. The van der Waals surface area contributed by atoms with E-state index < -0.39 is 42.1 Å². The first-order valence-electron chi connectivity index (χ1n) is 14.5. The Labute approximate surface area is 239 Å². The van der Waals surface area contributed by atoms with Crippen molar-refractivity contribution in [1.82, 2.24) is 0 Å². The zero-order valence-corrected chi connectivity index (χ0v) is 24.8. The molecule has 1 saturated heterocycles. The van der Waals surface area contributed by atoms with Crippen molar-refractivity contribution in [2.45, 2.75) is 116 Å². The summed E-state index contributed by atoms with van der Waals surface area (Å²) in [5.74, 6) is -1.45. The van der Waals surface area contributed by atoms with Gasteiger partial charge in [0.2, 0.25) is 0 Å². The average Bonchev–Trinajstić information content (AvgIpc) is 3.61. The molecule has 1 fully saturated rings. The van der Waals surface area contributed by atoms with Crippen LogP contribution in [0.15, 0.2) is 47.6 Å². The first-order valence-corrected chi connectivity index (χ1v) is 14.5. The molecule has 40 heavy (non-hydrogen) atoms. The highest BCUT2D eigenvalue weighted by molar-refractivity contribution is 5.87. The van der Waals surface area contributed by atoms with E-state index in [9.17, 15) is 30.0 Å². The number of esters is 1. The molecular formula is C32H50O8. The number of hydrogen-bond acceptors (Lipinski definition) is 8. The van der Waals surface area contributed by atoms with Crippen molar-refractivity contribution in [3.05, 3.63) is 47.6 Å². The molecule has 0 radical (unpaired) electrons. The SMILES string of the molecule is C=C1/C=C(/C)[C@@H](C)C[C@H](O)CC(=O)[C@H](O)[C@@H](O)[C@H](C)C[C@@H](O)COC(=O)/C(C)=C\CC/C=C\[C@@H]2O[C@H]2C[C@H](C)C1. The van der Waals surface area contributed by atoms with E-state index in [1.165, 1.54) is 0 Å². The third-order valence-corrected chi connectivity index (χ3v) is 7.86. The van der Waals surface area contributed by atoms with E-state index in [4.69, 9.17) is 9.47 Å². The Morgan fingerprint density at radius 2 is 1.62 bits per heavy atom. The number of carbonyl (C=O) groups excluding carboxylic acids is 2. The zero-order chi connectivity index (χ0) is 30.0. The Morgan fingerprint density at radius 3 is 2.33 bits per heavy atom. The summed E-state index contributed by atoms with van der Waals surface area (Å²) in [6.07, 6.45) is 6.39. The number of allylic oxidation sites excluding steroid dienone is 5. The second-order valence-corrected chi connectivity index (χ2v) is 12.0. The molecule has 0 aromatic carbocycles. The summed E-state index contributed by atoms with van der Waals surface area (Å²) in [6, 6.07) is 0. The van der Waals surface area contributed by atoms with Crippen LogP contribution in [0.3, 0.4) is 0 Å². The second kappa shape index (κ2) is 16.4. The lowest BCUT2D eigenvalue weighted by atomic mass is 9.88. The standard InChI is InChI=1S/C32H50O8/c1-19-12-20(2)14-29-28(40-29)11-9-7-8-10-21(3)32(38)39-18-26(34)16-24(6)30(36)31(37)27(35)17-25(33)15-23(5)22(4)13-19/h9-11,13,20,23-26,28-31,33-34,36-37H,1,7-8,12,14-18H2,2-6H3/b11-9-,21-10-,22-13-/t20-,23+,24-,25+,26-,28+,29+,30+,31+/m1/s1. The monoisotopic (exact) mass is 562 g/mol. The highest BCUT2D eigenvalue weighted by Gasteiger charge is 2.37. The van der Waals surface area contributed by atoms with Crippen LogP contribution in [0, 0.1) is 17.8 Å². The number of epoxide rings is 1. The number of fused-ring (bicyclic) bond motifs is 1. The Bertz CT molecular complexity index is 951. The maximum absolute atomic E-state index is 12.6. The molecule has 4 N–H and O–H groups in total. The molecule has 0 aliphatic carbocycles. The van der Waals surface area contributed by atoms with Gasteiger partial charge in [-0.1, -0.05) is 62.8 Å². The number of hydrogen-bond donors (Lipinski definition) is 4. The summed E-state index contributed by atoms with van der Waals surface area (Å²) in [5, 5.41) is 41.7. The van der Waals surface area contributed by atoms with E-state index >= 15 is 0 Å². The van der Waals surface area contributed by atoms with Crippen molar-refractivity contribution >= 4 is 11.8 Å². The molecule has 0 aromatic rings. The van der Waals surface area contributed by atoms with Crippen molar-refractivity contribution in [2.24, 2.45) is 17.8 Å². The Kier molecular flexibility index (Phi) is 14.0. The normalized spacial score (nSPS) is 40.4. The molecule has 8 heteroatoms. The van der Waals surface area contributed by atoms with E-state index in [-0.39, 0.29) is 37.6 Å². The van der Waals surface area contributed by atoms with Crippen LogP contribution < -0.4 is 0 Å². The van der Waals surface area contributed by atoms with Gasteiger partial charge in [-0.2, -0.15) is 0 Å². The molecule has 0 aromatic heterocycles. The maximum atomic E-state index is 12.6. The molecule has 0 bridgehead atoms. The van der Waals surface area contributed by atoms with Gasteiger partial charge in [-0.25, -0.2) is 4.79 Å². The van der Waals surface area contributed by atoms with Crippen LogP contribution >= 0.6 is 0 Å². The zero-order valence-electron chi connectivity index (χ0n) is 24.8. The molecule has 2 aliphatic rings. The summed E-state index contributed by atoms with van der Waals surface area (Å²) in [7, 11) is 0. The minimum atomic E-state index is -1.69. The van der Waals surface area contributed by atoms with Crippen LogP contribution in [0.25, 0.3) is 0 Å². The number of ketones is 1. The predicted octanol–water partition coefficient (Wildman–Crippen LogP) is 3.97. The fraction of sp³-hybridized carbons (Fsp3) is 0.688. The molecule has 8 nitrogen and oxygen atoms in total. The van der Waals surface area contributed by atoms with Crippen molar-refractivity contribution in [3.63, 3.8) is 0 Å². The van der Waals surface area contributed by atoms with Gasteiger partial charge in [0.25, 0.3) is 0 Å². The molecule has 2 heterocycles. The molecular weight excluding hydrogens is 512 g/mol. The summed E-state index contributed by atoms with van der Waals surface area (Å²) < 4.78 is 11.0. The van der Waals surface area contributed by atoms with Gasteiger partial charge >= 0.3 is 5.97 Å². The number of carbonyl (C=O) groups is 2. The van der Waals surface area contributed by atoms with E-state index in [1.54, 1.807) is 19.9 Å². The van der Waals surface area contributed by atoms with Gasteiger partial charge in [-0.3, -0.25) is 4.79 Å². The fourth-order valence-corrected chi connectivity index (χ4v) is 5.13. The fourth-order valence-electron chi connectivity index (χ4n) is 5.13. The highest BCUT2D eigenvalue weighted by atomic mass is 16.6. The van der Waals surface area contributed by atoms with Gasteiger partial charge in [-0.15, -0.1) is 0 Å². The van der Waals surface area contributed by atoms with Gasteiger partial charge < -0.3 is 29.9 Å². The van der Waals surface area contributed by atoms with E-state index in [0.717, 1.165) is 30.4 Å². The Balaban J connectivity index is 2.08. The summed E-state index contributed by atoms with van der Waals surface area (Å²) in [4.78, 5) is 24.8. The van der Waals surface area contributed by atoms with Crippen LogP contribution in [-0.2, 0) is 19.1 Å². The highest BCUT2D eigenvalue weighted by Crippen LogP contribution is 2.32. The van der Waals surface area contributed by atoms with Crippen molar-refractivity contribution in [2.75, 3.05) is 6.61 Å². The lowest BCUT2D eigenvalue weighted by molar-refractivity contribution is -0.143. The third kappa shape index (κ3) is 11.8. The first-order chi connectivity index (χ1) is 18.8. The Hall–Kier alpha value is -2.10. The topological polar surface area (TPSA) is 137 Å². The summed E-state index contributed by atoms with van der Waals surface area (Å²) >= 11 is 0. The van der Waals surface area contributed by atoms with Crippen molar-refractivity contribution < 1.29 is 39.5 Å². The molecule has 0 unspecified atom stereocenters. The lowest BCUT2D eigenvalue weighted by Gasteiger charge is -2.26. The third-order valence-electron chi connectivity index (χ3n) is 7.86. The molecule has 2 rings (SSSR count). The number of ether oxygens (including phenoxy) is 2. The second-order valence-electron chi connectivity index (χ2n) is 12.0.